The topological polar surface area (TPSA) is 64.3 Å². The SMILES string of the molecule is CC(C(=O)NCCc1c[nH]c2ccccc12)N1CCN(c2ccc(C(F)(F)F)cn2)CC1. The zero-order valence-corrected chi connectivity index (χ0v) is 17.8. The number of benzene rings is 1. The van der Waals surface area contributed by atoms with Gasteiger partial charge >= 0.3 is 6.18 Å². The van der Waals surface area contributed by atoms with E-state index in [1.54, 1.807) is 0 Å². The molecular weight excluding hydrogens is 419 g/mol. The van der Waals surface area contributed by atoms with E-state index in [-0.39, 0.29) is 11.9 Å². The van der Waals surface area contributed by atoms with Gasteiger partial charge in [0.25, 0.3) is 0 Å². The van der Waals surface area contributed by atoms with E-state index in [9.17, 15) is 18.0 Å². The van der Waals surface area contributed by atoms with Crippen molar-refractivity contribution in [3.05, 3.63) is 59.9 Å². The van der Waals surface area contributed by atoms with Gasteiger partial charge in [0.1, 0.15) is 5.82 Å². The maximum absolute atomic E-state index is 12.7. The summed E-state index contributed by atoms with van der Waals surface area (Å²) in [6.07, 6.45) is -0.794. The van der Waals surface area contributed by atoms with Gasteiger partial charge in [0, 0.05) is 56.0 Å². The number of nitrogens with one attached hydrogen (secondary N) is 2. The molecule has 2 N–H and O–H groups in total. The zero-order valence-electron chi connectivity index (χ0n) is 17.8. The number of para-hydroxylation sites is 1. The molecule has 1 aliphatic rings. The second kappa shape index (κ2) is 9.20. The molecule has 170 valence electrons. The number of hydrogen-bond acceptors (Lipinski definition) is 4. The Morgan fingerprint density at radius 1 is 1.16 bits per heavy atom. The summed E-state index contributed by atoms with van der Waals surface area (Å²) in [6, 6.07) is 10.3. The third-order valence-corrected chi connectivity index (χ3v) is 6.01. The third-order valence-electron chi connectivity index (χ3n) is 6.01. The summed E-state index contributed by atoms with van der Waals surface area (Å²) < 4.78 is 38.1. The van der Waals surface area contributed by atoms with Gasteiger partial charge in [-0.2, -0.15) is 13.2 Å². The van der Waals surface area contributed by atoms with Gasteiger partial charge in [0.05, 0.1) is 11.6 Å². The van der Waals surface area contributed by atoms with Crippen molar-refractivity contribution in [1.82, 2.24) is 20.2 Å². The standard InChI is InChI=1S/C23H26F3N5O/c1-16(22(32)27-9-8-17-14-28-20-5-3-2-4-19(17)20)30-10-12-31(13-11-30)21-7-6-18(15-29-21)23(24,25)26/h2-7,14-16,28H,8-13H2,1H3,(H,27,32). The van der Waals surface area contributed by atoms with Gasteiger partial charge in [0.2, 0.25) is 5.91 Å². The van der Waals surface area contributed by atoms with Crippen molar-refractivity contribution in [2.75, 3.05) is 37.6 Å². The lowest BCUT2D eigenvalue weighted by atomic mass is 10.1. The molecule has 3 heterocycles. The van der Waals surface area contributed by atoms with Crippen LogP contribution in [0.2, 0.25) is 0 Å². The van der Waals surface area contributed by atoms with Crippen molar-refractivity contribution in [3.8, 4) is 0 Å². The lowest BCUT2D eigenvalue weighted by Gasteiger charge is -2.38. The first-order chi connectivity index (χ1) is 15.3. The van der Waals surface area contributed by atoms with E-state index < -0.39 is 11.7 Å². The Morgan fingerprint density at radius 3 is 2.59 bits per heavy atom. The molecule has 9 heteroatoms. The van der Waals surface area contributed by atoms with Gasteiger partial charge in [-0.1, -0.05) is 18.2 Å². The second-order valence-corrected chi connectivity index (χ2v) is 8.00. The summed E-state index contributed by atoms with van der Waals surface area (Å²) in [6.45, 7) is 4.92. The molecule has 1 aromatic carbocycles. The molecule has 0 spiro atoms. The minimum absolute atomic E-state index is 0.0223. The number of carbonyl (C=O) groups excluding carboxylic acids is 1. The van der Waals surface area contributed by atoms with E-state index in [1.807, 2.05) is 36.2 Å². The summed E-state index contributed by atoms with van der Waals surface area (Å²) in [5.41, 5.74) is 1.51. The summed E-state index contributed by atoms with van der Waals surface area (Å²) in [5, 5.41) is 4.19. The maximum Gasteiger partial charge on any atom is 0.417 e. The van der Waals surface area contributed by atoms with Crippen molar-refractivity contribution in [3.63, 3.8) is 0 Å². The molecule has 2 aromatic heterocycles. The first-order valence-corrected chi connectivity index (χ1v) is 10.7. The summed E-state index contributed by atoms with van der Waals surface area (Å²) in [4.78, 5) is 23.9. The lowest BCUT2D eigenvalue weighted by molar-refractivity contribution is -0.137. The van der Waals surface area contributed by atoms with E-state index in [2.05, 4.69) is 26.3 Å². The number of halogens is 3. The smallest absolute Gasteiger partial charge is 0.361 e. The van der Waals surface area contributed by atoms with Crippen LogP contribution in [0, 0.1) is 0 Å². The van der Waals surface area contributed by atoms with Crippen molar-refractivity contribution in [2.24, 2.45) is 0 Å². The molecule has 0 bridgehead atoms. The number of aromatic amines is 1. The Morgan fingerprint density at radius 2 is 1.91 bits per heavy atom. The van der Waals surface area contributed by atoms with E-state index in [4.69, 9.17) is 0 Å². The molecule has 1 unspecified atom stereocenters. The number of fused-ring (bicyclic) bond motifs is 1. The lowest BCUT2D eigenvalue weighted by Crippen LogP contribution is -2.54. The van der Waals surface area contributed by atoms with Crippen LogP contribution in [0.1, 0.15) is 18.1 Å². The normalized spacial score (nSPS) is 16.3. The second-order valence-electron chi connectivity index (χ2n) is 8.00. The first-order valence-electron chi connectivity index (χ1n) is 10.7. The summed E-state index contributed by atoms with van der Waals surface area (Å²) >= 11 is 0. The largest absolute Gasteiger partial charge is 0.417 e. The first kappa shape index (κ1) is 22.1. The third kappa shape index (κ3) is 4.88. The van der Waals surface area contributed by atoms with Gasteiger partial charge in [0.15, 0.2) is 0 Å². The molecule has 1 fully saturated rings. The predicted octanol–water partition coefficient (Wildman–Crippen LogP) is 3.45. The number of nitrogens with zero attached hydrogens (tertiary/aromatic N) is 3. The van der Waals surface area contributed by atoms with Gasteiger partial charge < -0.3 is 15.2 Å². The van der Waals surface area contributed by atoms with Gasteiger partial charge in [-0.05, 0) is 37.1 Å². The highest BCUT2D eigenvalue weighted by Crippen LogP contribution is 2.29. The van der Waals surface area contributed by atoms with Crippen molar-refractivity contribution in [2.45, 2.75) is 25.6 Å². The van der Waals surface area contributed by atoms with E-state index in [0.717, 1.165) is 24.2 Å². The molecular formula is C23H26F3N5O. The fraction of sp³-hybridized carbons (Fsp3) is 0.391. The number of rotatable bonds is 6. The molecule has 32 heavy (non-hydrogen) atoms. The van der Waals surface area contributed by atoms with Crippen LogP contribution in [0.4, 0.5) is 19.0 Å². The van der Waals surface area contributed by atoms with E-state index >= 15 is 0 Å². The van der Waals surface area contributed by atoms with Crippen LogP contribution in [0.3, 0.4) is 0 Å². The fourth-order valence-electron chi connectivity index (χ4n) is 4.05. The van der Waals surface area contributed by atoms with Crippen molar-refractivity contribution >= 4 is 22.6 Å². The Labute approximate surface area is 184 Å². The highest BCUT2D eigenvalue weighted by molar-refractivity contribution is 5.83. The van der Waals surface area contributed by atoms with Crippen LogP contribution >= 0.6 is 0 Å². The molecule has 3 aromatic rings. The molecule has 0 aliphatic carbocycles. The number of anilines is 1. The number of hydrogen-bond donors (Lipinski definition) is 2. The minimum atomic E-state index is -4.39. The number of carbonyl (C=O) groups is 1. The van der Waals surface area contributed by atoms with Gasteiger partial charge in [-0.15, -0.1) is 0 Å². The fourth-order valence-corrected chi connectivity index (χ4v) is 4.05. The molecule has 6 nitrogen and oxygen atoms in total. The average molecular weight is 445 g/mol. The highest BCUT2D eigenvalue weighted by atomic mass is 19.4. The van der Waals surface area contributed by atoms with Gasteiger partial charge in [-0.3, -0.25) is 9.69 Å². The Bertz CT molecular complexity index is 1060. The number of pyridine rings is 1. The quantitative estimate of drug-likeness (QED) is 0.610. The molecule has 0 saturated carbocycles. The molecule has 1 amide bonds. The Hall–Kier alpha value is -3.07. The summed E-state index contributed by atoms with van der Waals surface area (Å²) in [7, 11) is 0. The number of amides is 1. The molecule has 1 aliphatic heterocycles. The van der Waals surface area contributed by atoms with E-state index in [1.165, 1.54) is 17.0 Å². The zero-order chi connectivity index (χ0) is 22.7. The van der Waals surface area contributed by atoms with Crippen LogP contribution in [0.5, 0.6) is 0 Å². The summed E-state index contributed by atoms with van der Waals surface area (Å²) in [5.74, 6) is 0.499. The van der Waals surface area contributed by atoms with Crippen LogP contribution in [0.25, 0.3) is 10.9 Å². The van der Waals surface area contributed by atoms with Crippen LogP contribution in [0.15, 0.2) is 48.8 Å². The molecule has 1 atom stereocenters. The monoisotopic (exact) mass is 445 g/mol. The number of alkyl halides is 3. The maximum atomic E-state index is 12.7. The van der Waals surface area contributed by atoms with Crippen LogP contribution in [-0.2, 0) is 17.4 Å². The van der Waals surface area contributed by atoms with Crippen molar-refractivity contribution in [1.29, 1.82) is 0 Å². The van der Waals surface area contributed by atoms with Crippen LogP contribution < -0.4 is 10.2 Å². The van der Waals surface area contributed by atoms with Crippen molar-refractivity contribution < 1.29 is 18.0 Å². The minimum Gasteiger partial charge on any atom is -0.361 e. The predicted molar refractivity (Wildman–Crippen MR) is 117 cm³/mol. The Balaban J connectivity index is 1.24. The number of aromatic nitrogens is 2. The molecule has 1 saturated heterocycles. The number of piperazine rings is 1. The van der Waals surface area contributed by atoms with Gasteiger partial charge in [-0.25, -0.2) is 4.98 Å². The number of H-pyrrole nitrogens is 1. The molecule has 0 radical (unpaired) electrons. The highest BCUT2D eigenvalue weighted by Gasteiger charge is 2.31. The van der Waals surface area contributed by atoms with Crippen LogP contribution in [-0.4, -0.2) is 59.5 Å². The molecule has 4 rings (SSSR count). The van der Waals surface area contributed by atoms with E-state index in [0.29, 0.717) is 38.5 Å². The average Bonchev–Trinajstić information content (AvgIpc) is 3.21. The Kier molecular flexibility index (Phi) is 6.36.